The Morgan fingerprint density at radius 3 is 2.41 bits per heavy atom. The van der Waals surface area contributed by atoms with E-state index in [0.717, 1.165) is 12.8 Å². The Morgan fingerprint density at radius 2 is 1.82 bits per heavy atom. The Kier molecular flexibility index (Phi) is 6.45. The third-order valence-electron chi connectivity index (χ3n) is 3.31. The van der Waals surface area contributed by atoms with Crippen LogP contribution in [0.1, 0.15) is 65.7 Å². The van der Waals surface area contributed by atoms with E-state index < -0.39 is 5.79 Å². The number of unbranched alkanes of at least 4 members (excludes halogenated alkanes) is 5. The van der Waals surface area contributed by atoms with Gasteiger partial charge in [0, 0.05) is 0 Å². The van der Waals surface area contributed by atoms with Crippen LogP contribution in [0.2, 0.25) is 0 Å². The van der Waals surface area contributed by atoms with E-state index in [0.29, 0.717) is 6.61 Å². The quantitative estimate of drug-likeness (QED) is 0.666. The lowest BCUT2D eigenvalue weighted by molar-refractivity contribution is -0.151. The molecule has 1 fully saturated rings. The predicted molar refractivity (Wildman–Crippen MR) is 68.9 cm³/mol. The van der Waals surface area contributed by atoms with Crippen LogP contribution in [0.15, 0.2) is 0 Å². The zero-order valence-corrected chi connectivity index (χ0v) is 11.6. The molecule has 1 aliphatic heterocycles. The molecule has 0 aromatic rings. The molecule has 2 atom stereocenters. The minimum absolute atomic E-state index is 0.138. The first-order chi connectivity index (χ1) is 8.05. The van der Waals surface area contributed by atoms with Crippen molar-refractivity contribution in [1.29, 1.82) is 0 Å². The molecular weight excluding hydrogens is 216 g/mol. The summed E-state index contributed by atoms with van der Waals surface area (Å²) in [4.78, 5) is 0. The molecule has 0 radical (unpaired) electrons. The van der Waals surface area contributed by atoms with Crippen molar-refractivity contribution in [2.45, 2.75) is 83.7 Å². The van der Waals surface area contributed by atoms with Crippen LogP contribution in [0, 0.1) is 0 Å². The van der Waals surface area contributed by atoms with Gasteiger partial charge in [0.05, 0.1) is 12.7 Å². The maximum atomic E-state index is 9.98. The highest BCUT2D eigenvalue weighted by Crippen LogP contribution is 2.25. The van der Waals surface area contributed by atoms with Crippen LogP contribution in [0.4, 0.5) is 0 Å². The minimum Gasteiger partial charge on any atom is -0.390 e. The summed E-state index contributed by atoms with van der Waals surface area (Å²) in [5.41, 5.74) is 0. The molecule has 102 valence electrons. The molecule has 0 bridgehead atoms. The Bertz CT molecular complexity index is 204. The lowest BCUT2D eigenvalue weighted by Crippen LogP contribution is -2.30. The Morgan fingerprint density at radius 1 is 1.18 bits per heavy atom. The summed E-state index contributed by atoms with van der Waals surface area (Å²) in [6.07, 6.45) is 7.84. The largest absolute Gasteiger partial charge is 0.390 e. The predicted octanol–water partition coefficient (Wildman–Crippen LogP) is 3.25. The van der Waals surface area contributed by atoms with Crippen molar-refractivity contribution in [3.8, 4) is 0 Å². The average Bonchev–Trinajstić information content (AvgIpc) is 2.64. The molecule has 1 unspecified atom stereocenters. The highest BCUT2D eigenvalue weighted by Gasteiger charge is 2.36. The average molecular weight is 244 g/mol. The second-order valence-electron chi connectivity index (χ2n) is 5.49. The highest BCUT2D eigenvalue weighted by atomic mass is 16.7. The molecule has 0 aromatic heterocycles. The summed E-state index contributed by atoms with van der Waals surface area (Å²) in [6.45, 7) is 6.53. The van der Waals surface area contributed by atoms with Crippen LogP contribution in [0.25, 0.3) is 0 Å². The van der Waals surface area contributed by atoms with E-state index in [4.69, 9.17) is 9.47 Å². The van der Waals surface area contributed by atoms with Crippen molar-refractivity contribution in [3.63, 3.8) is 0 Å². The van der Waals surface area contributed by atoms with Gasteiger partial charge in [-0.15, -0.1) is 0 Å². The van der Waals surface area contributed by atoms with Crippen LogP contribution >= 0.6 is 0 Å². The third kappa shape index (κ3) is 5.84. The lowest BCUT2D eigenvalue weighted by atomic mass is 10.0. The molecule has 1 saturated heterocycles. The number of rotatable bonds is 8. The van der Waals surface area contributed by atoms with Gasteiger partial charge >= 0.3 is 0 Å². The van der Waals surface area contributed by atoms with Crippen LogP contribution in [0.3, 0.4) is 0 Å². The standard InChI is InChI=1S/C14H28O3/c1-4-5-6-7-8-9-10-12(15)13-11-16-14(2,3)17-13/h12-13,15H,4-11H2,1-3H3/t12?,13-/m1/s1. The maximum Gasteiger partial charge on any atom is 0.163 e. The van der Waals surface area contributed by atoms with E-state index >= 15 is 0 Å². The Balaban J connectivity index is 2.03. The summed E-state index contributed by atoms with van der Waals surface area (Å²) in [6, 6.07) is 0. The summed E-state index contributed by atoms with van der Waals surface area (Å²) in [7, 11) is 0. The highest BCUT2D eigenvalue weighted by molar-refractivity contribution is 4.77. The lowest BCUT2D eigenvalue weighted by Gasteiger charge is -2.20. The molecule has 3 heteroatoms. The molecule has 0 aromatic carbocycles. The van der Waals surface area contributed by atoms with E-state index in [1.807, 2.05) is 13.8 Å². The van der Waals surface area contributed by atoms with Gasteiger partial charge in [0.25, 0.3) is 0 Å². The third-order valence-corrected chi connectivity index (χ3v) is 3.31. The van der Waals surface area contributed by atoms with Crippen molar-refractivity contribution in [2.24, 2.45) is 0 Å². The first-order valence-corrected chi connectivity index (χ1v) is 7.05. The molecule has 0 aliphatic carbocycles. The second-order valence-corrected chi connectivity index (χ2v) is 5.49. The van der Waals surface area contributed by atoms with E-state index in [9.17, 15) is 5.11 Å². The number of aliphatic hydroxyl groups is 1. The van der Waals surface area contributed by atoms with Gasteiger partial charge in [-0.25, -0.2) is 0 Å². The SMILES string of the molecule is CCCCCCCCC(O)[C@H]1COC(C)(C)O1. The fourth-order valence-electron chi connectivity index (χ4n) is 2.22. The molecule has 0 spiro atoms. The van der Waals surface area contributed by atoms with Gasteiger partial charge in [-0.3, -0.25) is 0 Å². The number of hydrogen-bond donors (Lipinski definition) is 1. The topological polar surface area (TPSA) is 38.7 Å². The molecule has 1 aliphatic rings. The van der Waals surface area contributed by atoms with Crippen molar-refractivity contribution in [3.05, 3.63) is 0 Å². The first-order valence-electron chi connectivity index (χ1n) is 7.05. The van der Waals surface area contributed by atoms with Crippen LogP contribution in [-0.4, -0.2) is 29.7 Å². The summed E-state index contributed by atoms with van der Waals surface area (Å²) in [5, 5.41) is 9.98. The first kappa shape index (κ1) is 14.9. The molecule has 1 rings (SSSR count). The Labute approximate surface area is 105 Å². The van der Waals surface area contributed by atoms with Gasteiger partial charge < -0.3 is 14.6 Å². The van der Waals surface area contributed by atoms with E-state index in [1.54, 1.807) is 0 Å². The van der Waals surface area contributed by atoms with Crippen molar-refractivity contribution in [1.82, 2.24) is 0 Å². The van der Waals surface area contributed by atoms with Gasteiger partial charge in [0.1, 0.15) is 6.10 Å². The van der Waals surface area contributed by atoms with Gasteiger partial charge in [-0.1, -0.05) is 45.4 Å². The van der Waals surface area contributed by atoms with E-state index in [1.165, 1.54) is 32.1 Å². The van der Waals surface area contributed by atoms with Crippen molar-refractivity contribution >= 4 is 0 Å². The molecule has 1 N–H and O–H groups in total. The van der Waals surface area contributed by atoms with Gasteiger partial charge in [-0.2, -0.15) is 0 Å². The van der Waals surface area contributed by atoms with E-state index in [2.05, 4.69) is 6.92 Å². The molecule has 17 heavy (non-hydrogen) atoms. The molecule has 3 nitrogen and oxygen atoms in total. The summed E-state index contributed by atoms with van der Waals surface area (Å²) in [5.74, 6) is -0.521. The van der Waals surface area contributed by atoms with Gasteiger partial charge in [-0.05, 0) is 20.3 Å². The molecule has 0 amide bonds. The number of aliphatic hydroxyl groups excluding tert-OH is 1. The monoisotopic (exact) mass is 244 g/mol. The second kappa shape index (κ2) is 7.34. The van der Waals surface area contributed by atoms with Crippen LogP contribution in [-0.2, 0) is 9.47 Å². The fraction of sp³-hybridized carbons (Fsp3) is 1.00. The van der Waals surface area contributed by atoms with Crippen molar-refractivity contribution in [2.75, 3.05) is 6.61 Å². The van der Waals surface area contributed by atoms with Gasteiger partial charge in [0.15, 0.2) is 5.79 Å². The van der Waals surface area contributed by atoms with Crippen LogP contribution < -0.4 is 0 Å². The molecule has 1 heterocycles. The van der Waals surface area contributed by atoms with Crippen LogP contribution in [0.5, 0.6) is 0 Å². The zero-order chi connectivity index (χ0) is 12.7. The Hall–Kier alpha value is -0.120. The number of ether oxygens (including phenoxy) is 2. The summed E-state index contributed by atoms with van der Waals surface area (Å²) >= 11 is 0. The zero-order valence-electron chi connectivity index (χ0n) is 11.6. The summed E-state index contributed by atoms with van der Waals surface area (Å²) < 4.78 is 11.1. The maximum absolute atomic E-state index is 9.98. The smallest absolute Gasteiger partial charge is 0.163 e. The fourth-order valence-corrected chi connectivity index (χ4v) is 2.22. The van der Waals surface area contributed by atoms with Crippen molar-refractivity contribution < 1.29 is 14.6 Å². The molecule has 0 saturated carbocycles. The minimum atomic E-state index is -0.521. The van der Waals surface area contributed by atoms with E-state index in [-0.39, 0.29) is 12.2 Å². The van der Waals surface area contributed by atoms with Gasteiger partial charge in [0.2, 0.25) is 0 Å². The molecular formula is C14H28O3. The number of hydrogen-bond acceptors (Lipinski definition) is 3. The normalized spacial score (nSPS) is 25.1.